The van der Waals surface area contributed by atoms with E-state index in [1.165, 1.54) is 0 Å². The quantitative estimate of drug-likeness (QED) is 0.783. The Balaban J connectivity index is 2.90. The average molecular weight is 345 g/mol. The minimum absolute atomic E-state index is 0.159. The molecule has 0 spiro atoms. The van der Waals surface area contributed by atoms with Gasteiger partial charge in [-0.1, -0.05) is 44.8 Å². The van der Waals surface area contributed by atoms with E-state index in [-0.39, 0.29) is 10.6 Å². The number of halogens is 2. The Kier molecular flexibility index (Phi) is 5.17. The van der Waals surface area contributed by atoms with Crippen LogP contribution in [0, 0.1) is 11.3 Å². The van der Waals surface area contributed by atoms with Crippen LogP contribution in [0.2, 0.25) is 0 Å². The molecule has 16 heavy (non-hydrogen) atoms. The fourth-order valence-corrected chi connectivity index (χ4v) is 2.39. The third-order valence-electron chi connectivity index (χ3n) is 2.29. The summed E-state index contributed by atoms with van der Waals surface area (Å²) >= 11 is 6.67. The molecule has 0 amide bonds. The van der Waals surface area contributed by atoms with Crippen LogP contribution >= 0.6 is 31.9 Å². The summed E-state index contributed by atoms with van der Waals surface area (Å²) in [5, 5.41) is 8.98. The molecule has 84 valence electrons. The number of carbonyl (C=O) groups is 1. The molecule has 0 radical (unpaired) electrons. The van der Waals surface area contributed by atoms with Crippen molar-refractivity contribution in [1.82, 2.24) is 0 Å². The van der Waals surface area contributed by atoms with Crippen LogP contribution in [0.1, 0.15) is 24.5 Å². The van der Waals surface area contributed by atoms with Crippen molar-refractivity contribution in [3.05, 3.63) is 33.8 Å². The number of benzene rings is 1. The Morgan fingerprint density at radius 3 is 2.81 bits per heavy atom. The van der Waals surface area contributed by atoms with Gasteiger partial charge >= 0.3 is 0 Å². The van der Waals surface area contributed by atoms with E-state index in [0.29, 0.717) is 18.4 Å². The molecule has 0 saturated carbocycles. The first kappa shape index (κ1) is 13.4. The molecular formula is C12H11Br2NO. The molecule has 0 fully saturated rings. The smallest absolute Gasteiger partial charge is 0.146 e. The number of hydrogen-bond acceptors (Lipinski definition) is 2. The van der Waals surface area contributed by atoms with Crippen LogP contribution in [0.25, 0.3) is 0 Å². The lowest BCUT2D eigenvalue weighted by atomic mass is 10.0. The maximum absolute atomic E-state index is 11.4. The maximum atomic E-state index is 11.4. The molecule has 0 saturated heterocycles. The monoisotopic (exact) mass is 343 g/mol. The zero-order valence-electron chi connectivity index (χ0n) is 8.84. The second kappa shape index (κ2) is 6.17. The zero-order valence-corrected chi connectivity index (χ0v) is 12.0. The largest absolute Gasteiger partial charge is 0.298 e. The number of rotatable bonds is 4. The fraction of sp³-hybridized carbons (Fsp3) is 0.333. The number of Topliss-reactive ketones (excluding diaryl/α,β-unsaturated/α-hetero) is 1. The van der Waals surface area contributed by atoms with Crippen LogP contribution in [0.4, 0.5) is 0 Å². The summed E-state index contributed by atoms with van der Waals surface area (Å²) in [6.45, 7) is 1.84. The molecule has 0 bridgehead atoms. The van der Waals surface area contributed by atoms with Crippen molar-refractivity contribution in [2.24, 2.45) is 0 Å². The second-order valence-electron chi connectivity index (χ2n) is 3.40. The van der Waals surface area contributed by atoms with Gasteiger partial charge in [-0.3, -0.25) is 4.79 Å². The predicted molar refractivity (Wildman–Crippen MR) is 70.6 cm³/mol. The van der Waals surface area contributed by atoms with E-state index in [9.17, 15) is 4.79 Å². The SMILES string of the molecule is CCC(=O)C(Br)Cc1ccc(Br)cc1C#N. The van der Waals surface area contributed by atoms with Gasteiger partial charge in [0.1, 0.15) is 5.78 Å². The van der Waals surface area contributed by atoms with Gasteiger partial charge in [-0.15, -0.1) is 0 Å². The molecule has 0 aliphatic rings. The highest BCUT2D eigenvalue weighted by atomic mass is 79.9. The van der Waals surface area contributed by atoms with E-state index >= 15 is 0 Å². The van der Waals surface area contributed by atoms with Crippen molar-refractivity contribution in [3.63, 3.8) is 0 Å². The van der Waals surface area contributed by atoms with Gasteiger partial charge in [0.05, 0.1) is 16.5 Å². The number of ketones is 1. The van der Waals surface area contributed by atoms with Crippen LogP contribution in [-0.2, 0) is 11.2 Å². The minimum Gasteiger partial charge on any atom is -0.298 e. The second-order valence-corrected chi connectivity index (χ2v) is 5.43. The summed E-state index contributed by atoms with van der Waals surface area (Å²) in [6, 6.07) is 7.66. The van der Waals surface area contributed by atoms with E-state index in [1.807, 2.05) is 19.1 Å². The topological polar surface area (TPSA) is 40.9 Å². The Labute approximate surface area is 112 Å². The molecule has 1 rings (SSSR count). The average Bonchev–Trinajstić information content (AvgIpc) is 2.30. The van der Waals surface area contributed by atoms with Crippen molar-refractivity contribution in [2.75, 3.05) is 0 Å². The Morgan fingerprint density at radius 1 is 1.56 bits per heavy atom. The summed E-state index contributed by atoms with van der Waals surface area (Å²) in [6.07, 6.45) is 1.07. The molecule has 0 aliphatic carbocycles. The summed E-state index contributed by atoms with van der Waals surface area (Å²) in [5.74, 6) is 0.159. The maximum Gasteiger partial charge on any atom is 0.146 e. The third kappa shape index (κ3) is 3.43. The van der Waals surface area contributed by atoms with Crippen LogP contribution in [0.5, 0.6) is 0 Å². The van der Waals surface area contributed by atoms with Gasteiger partial charge < -0.3 is 0 Å². The number of nitrogens with zero attached hydrogens (tertiary/aromatic N) is 1. The van der Waals surface area contributed by atoms with Crippen LogP contribution in [0.15, 0.2) is 22.7 Å². The summed E-state index contributed by atoms with van der Waals surface area (Å²) < 4.78 is 0.876. The third-order valence-corrected chi connectivity index (χ3v) is 3.62. The van der Waals surface area contributed by atoms with Gasteiger partial charge in [0.25, 0.3) is 0 Å². The molecular weight excluding hydrogens is 334 g/mol. The minimum atomic E-state index is -0.203. The molecule has 0 aromatic heterocycles. The number of nitriles is 1. The Bertz CT molecular complexity index is 437. The predicted octanol–water partition coefficient (Wildman–Crippen LogP) is 3.61. The van der Waals surface area contributed by atoms with Crippen molar-refractivity contribution >= 4 is 37.6 Å². The highest BCUT2D eigenvalue weighted by molar-refractivity contribution is 9.10. The van der Waals surface area contributed by atoms with Gasteiger partial charge in [-0.2, -0.15) is 5.26 Å². The molecule has 1 atom stereocenters. The van der Waals surface area contributed by atoms with Crippen LogP contribution < -0.4 is 0 Å². The van der Waals surface area contributed by atoms with E-state index in [2.05, 4.69) is 37.9 Å². The van der Waals surface area contributed by atoms with Crippen molar-refractivity contribution < 1.29 is 4.79 Å². The molecule has 0 aliphatic heterocycles. The van der Waals surface area contributed by atoms with E-state index in [4.69, 9.17) is 5.26 Å². The first-order valence-corrected chi connectivity index (χ1v) is 6.64. The lowest BCUT2D eigenvalue weighted by Crippen LogP contribution is -2.16. The van der Waals surface area contributed by atoms with Crippen molar-refractivity contribution in [2.45, 2.75) is 24.6 Å². The molecule has 2 nitrogen and oxygen atoms in total. The number of alkyl halides is 1. The fourth-order valence-electron chi connectivity index (χ4n) is 1.36. The number of carbonyl (C=O) groups excluding carboxylic acids is 1. The lowest BCUT2D eigenvalue weighted by molar-refractivity contribution is -0.118. The lowest BCUT2D eigenvalue weighted by Gasteiger charge is -2.09. The Hall–Kier alpha value is -0.660. The molecule has 1 aromatic rings. The van der Waals surface area contributed by atoms with Crippen molar-refractivity contribution in [3.8, 4) is 6.07 Å². The van der Waals surface area contributed by atoms with E-state index < -0.39 is 0 Å². The van der Waals surface area contributed by atoms with Gasteiger partial charge in [0.15, 0.2) is 0 Å². The standard InChI is InChI=1S/C12H11Br2NO/c1-2-12(16)11(14)6-8-3-4-10(13)5-9(8)7-15/h3-5,11H,2,6H2,1H3. The summed E-state index contributed by atoms with van der Waals surface area (Å²) in [7, 11) is 0. The highest BCUT2D eigenvalue weighted by Gasteiger charge is 2.15. The molecule has 1 unspecified atom stereocenters. The van der Waals surface area contributed by atoms with Crippen LogP contribution in [0.3, 0.4) is 0 Å². The molecule has 4 heteroatoms. The van der Waals surface area contributed by atoms with Gasteiger partial charge in [0, 0.05) is 10.9 Å². The van der Waals surface area contributed by atoms with Crippen LogP contribution in [-0.4, -0.2) is 10.6 Å². The van der Waals surface area contributed by atoms with E-state index in [0.717, 1.165) is 10.0 Å². The van der Waals surface area contributed by atoms with Crippen molar-refractivity contribution in [1.29, 1.82) is 5.26 Å². The molecule has 0 heterocycles. The molecule has 0 N–H and O–H groups in total. The first-order valence-electron chi connectivity index (χ1n) is 4.93. The van der Waals surface area contributed by atoms with E-state index in [1.54, 1.807) is 6.07 Å². The molecule has 1 aromatic carbocycles. The summed E-state index contributed by atoms with van der Waals surface area (Å²) in [4.78, 5) is 11.2. The first-order chi connectivity index (χ1) is 7.58. The normalized spacial score (nSPS) is 11.9. The highest BCUT2D eigenvalue weighted by Crippen LogP contribution is 2.20. The number of hydrogen-bond donors (Lipinski definition) is 0. The Morgan fingerprint density at radius 2 is 2.25 bits per heavy atom. The summed E-state index contributed by atoms with van der Waals surface area (Å²) in [5.41, 5.74) is 1.51. The zero-order chi connectivity index (χ0) is 12.1. The van der Waals surface area contributed by atoms with Gasteiger partial charge in [-0.05, 0) is 24.1 Å². The van der Waals surface area contributed by atoms with Gasteiger partial charge in [0.2, 0.25) is 0 Å². The van der Waals surface area contributed by atoms with Gasteiger partial charge in [-0.25, -0.2) is 0 Å².